The second-order valence-corrected chi connectivity index (χ2v) is 6.33. The average molecular weight is 344 g/mol. The zero-order chi connectivity index (χ0) is 18.4. The predicted octanol–water partition coefficient (Wildman–Crippen LogP) is 1.76. The van der Waals surface area contributed by atoms with E-state index >= 15 is 0 Å². The van der Waals surface area contributed by atoms with Crippen LogP contribution in [0.25, 0.3) is 0 Å². The number of ether oxygens (including phenoxy) is 1. The van der Waals surface area contributed by atoms with E-state index in [-0.39, 0.29) is 5.91 Å². The summed E-state index contributed by atoms with van der Waals surface area (Å²) in [6.07, 6.45) is 5.16. The van der Waals surface area contributed by atoms with E-state index in [1.165, 1.54) is 13.3 Å². The van der Waals surface area contributed by atoms with Gasteiger partial charge >= 0.3 is 5.97 Å². The molecule has 0 aliphatic carbocycles. The molecule has 2 heterocycles. The molecule has 0 saturated carbocycles. The molecule has 7 nitrogen and oxygen atoms in total. The standard InChI is InChI=1S/C18H24N4O3/c1-12(2)11-22-13(3)15(10-20-22)17(23)21-16(18(24)25-4)9-14-5-7-19-8-6-14/h5-8,10,12,16H,9,11H2,1-4H3,(H,21,23)/t16-/m0/s1. The molecule has 1 atom stereocenters. The third-order valence-electron chi connectivity index (χ3n) is 3.87. The lowest BCUT2D eigenvalue weighted by Crippen LogP contribution is -2.43. The number of methoxy groups -OCH3 is 1. The van der Waals surface area contributed by atoms with E-state index in [1.54, 1.807) is 29.2 Å². The van der Waals surface area contributed by atoms with E-state index in [0.29, 0.717) is 17.9 Å². The Morgan fingerprint density at radius 3 is 2.56 bits per heavy atom. The molecule has 2 aromatic heterocycles. The fourth-order valence-electron chi connectivity index (χ4n) is 2.53. The summed E-state index contributed by atoms with van der Waals surface area (Å²) < 4.78 is 6.62. The zero-order valence-electron chi connectivity index (χ0n) is 15.0. The van der Waals surface area contributed by atoms with Crippen molar-refractivity contribution in [2.45, 2.75) is 39.8 Å². The maximum atomic E-state index is 12.6. The van der Waals surface area contributed by atoms with Crippen molar-refractivity contribution in [3.8, 4) is 0 Å². The Kier molecular flexibility index (Phi) is 6.27. The lowest BCUT2D eigenvalue weighted by atomic mass is 10.1. The van der Waals surface area contributed by atoms with Crippen molar-refractivity contribution in [1.29, 1.82) is 0 Å². The van der Waals surface area contributed by atoms with E-state index in [1.807, 2.05) is 6.92 Å². The Bertz CT molecular complexity index is 725. The van der Waals surface area contributed by atoms with Crippen LogP contribution in [0.2, 0.25) is 0 Å². The molecule has 1 amide bonds. The molecule has 7 heteroatoms. The Balaban J connectivity index is 2.14. The highest BCUT2D eigenvalue weighted by atomic mass is 16.5. The fourth-order valence-corrected chi connectivity index (χ4v) is 2.53. The molecule has 0 radical (unpaired) electrons. The first kappa shape index (κ1) is 18.6. The van der Waals surface area contributed by atoms with Crippen LogP contribution in [-0.4, -0.2) is 39.8 Å². The molecule has 1 N–H and O–H groups in total. The van der Waals surface area contributed by atoms with Gasteiger partial charge in [0.15, 0.2) is 0 Å². The Morgan fingerprint density at radius 2 is 1.96 bits per heavy atom. The third kappa shape index (κ3) is 4.89. The summed E-state index contributed by atoms with van der Waals surface area (Å²) in [6.45, 7) is 6.75. The summed E-state index contributed by atoms with van der Waals surface area (Å²) in [4.78, 5) is 28.6. The number of pyridine rings is 1. The minimum atomic E-state index is -0.771. The first-order chi connectivity index (χ1) is 11.9. The summed E-state index contributed by atoms with van der Waals surface area (Å²) in [5.74, 6) is -0.404. The number of rotatable bonds is 7. The summed E-state index contributed by atoms with van der Waals surface area (Å²) in [5, 5.41) is 7.02. The summed E-state index contributed by atoms with van der Waals surface area (Å²) in [5.41, 5.74) is 2.13. The summed E-state index contributed by atoms with van der Waals surface area (Å²) in [7, 11) is 1.31. The lowest BCUT2D eigenvalue weighted by Gasteiger charge is -2.16. The summed E-state index contributed by atoms with van der Waals surface area (Å²) in [6, 6.07) is 2.83. The van der Waals surface area contributed by atoms with Gasteiger partial charge in [0.1, 0.15) is 6.04 Å². The topological polar surface area (TPSA) is 86.1 Å². The van der Waals surface area contributed by atoms with Gasteiger partial charge in [0.25, 0.3) is 5.91 Å². The van der Waals surface area contributed by atoms with Gasteiger partial charge in [-0.25, -0.2) is 4.79 Å². The first-order valence-corrected chi connectivity index (χ1v) is 8.22. The molecule has 0 bridgehead atoms. The SMILES string of the molecule is COC(=O)[C@H](Cc1ccncc1)NC(=O)c1cnn(CC(C)C)c1C. The highest BCUT2D eigenvalue weighted by Crippen LogP contribution is 2.11. The average Bonchev–Trinajstić information content (AvgIpc) is 2.94. The molecule has 25 heavy (non-hydrogen) atoms. The molecule has 0 aromatic carbocycles. The van der Waals surface area contributed by atoms with Gasteiger partial charge in [-0.3, -0.25) is 14.5 Å². The van der Waals surface area contributed by atoms with Crippen molar-refractivity contribution < 1.29 is 14.3 Å². The van der Waals surface area contributed by atoms with Crippen LogP contribution in [0.1, 0.15) is 35.5 Å². The van der Waals surface area contributed by atoms with Gasteiger partial charge in [0.2, 0.25) is 0 Å². The fraction of sp³-hybridized carbons (Fsp3) is 0.444. The molecule has 2 rings (SSSR count). The van der Waals surface area contributed by atoms with Crippen LogP contribution in [0.3, 0.4) is 0 Å². The molecule has 0 aliphatic heterocycles. The number of esters is 1. The van der Waals surface area contributed by atoms with Gasteiger partial charge in [0.05, 0.1) is 18.9 Å². The second kappa shape index (κ2) is 8.41. The van der Waals surface area contributed by atoms with Crippen LogP contribution >= 0.6 is 0 Å². The lowest BCUT2D eigenvalue weighted by molar-refractivity contribution is -0.142. The molecule has 134 valence electrons. The number of carbonyl (C=O) groups is 2. The van der Waals surface area contributed by atoms with E-state index in [0.717, 1.165) is 17.8 Å². The van der Waals surface area contributed by atoms with Crippen molar-refractivity contribution >= 4 is 11.9 Å². The van der Waals surface area contributed by atoms with E-state index in [9.17, 15) is 9.59 Å². The molecule has 0 aliphatic rings. The van der Waals surface area contributed by atoms with Gasteiger partial charge in [-0.1, -0.05) is 13.8 Å². The van der Waals surface area contributed by atoms with Gasteiger partial charge in [-0.05, 0) is 30.5 Å². The van der Waals surface area contributed by atoms with Gasteiger partial charge in [-0.15, -0.1) is 0 Å². The van der Waals surface area contributed by atoms with E-state index in [2.05, 4.69) is 29.2 Å². The minimum absolute atomic E-state index is 0.333. The number of amides is 1. The monoisotopic (exact) mass is 344 g/mol. The Labute approximate surface area is 147 Å². The van der Waals surface area contributed by atoms with Crippen LogP contribution in [0.5, 0.6) is 0 Å². The molecule has 0 unspecified atom stereocenters. The quantitative estimate of drug-likeness (QED) is 0.774. The smallest absolute Gasteiger partial charge is 0.328 e. The third-order valence-corrected chi connectivity index (χ3v) is 3.87. The van der Waals surface area contributed by atoms with Crippen molar-refractivity contribution in [2.75, 3.05) is 7.11 Å². The van der Waals surface area contributed by atoms with Crippen LogP contribution in [0, 0.1) is 12.8 Å². The number of hydrogen-bond acceptors (Lipinski definition) is 5. The van der Waals surface area contributed by atoms with Crippen LogP contribution in [0.4, 0.5) is 0 Å². The van der Waals surface area contributed by atoms with E-state index in [4.69, 9.17) is 4.74 Å². The zero-order valence-corrected chi connectivity index (χ0v) is 15.0. The van der Waals surface area contributed by atoms with Crippen molar-refractivity contribution in [3.05, 3.63) is 47.5 Å². The second-order valence-electron chi connectivity index (χ2n) is 6.33. The van der Waals surface area contributed by atoms with Gasteiger partial charge < -0.3 is 10.1 Å². The van der Waals surface area contributed by atoms with Crippen LogP contribution in [-0.2, 0) is 22.5 Å². The molecule has 0 fully saturated rings. The molecular weight excluding hydrogens is 320 g/mol. The molecule has 0 spiro atoms. The van der Waals surface area contributed by atoms with Gasteiger partial charge in [-0.2, -0.15) is 5.10 Å². The van der Waals surface area contributed by atoms with Crippen molar-refractivity contribution in [1.82, 2.24) is 20.1 Å². The van der Waals surface area contributed by atoms with Crippen LogP contribution < -0.4 is 5.32 Å². The maximum Gasteiger partial charge on any atom is 0.328 e. The highest BCUT2D eigenvalue weighted by Gasteiger charge is 2.24. The number of aromatic nitrogens is 3. The predicted molar refractivity (Wildman–Crippen MR) is 93.0 cm³/mol. The maximum absolute atomic E-state index is 12.6. The first-order valence-electron chi connectivity index (χ1n) is 8.22. The molecular formula is C18H24N4O3. The van der Waals surface area contributed by atoms with Gasteiger partial charge in [0, 0.05) is 31.1 Å². The summed E-state index contributed by atoms with van der Waals surface area (Å²) >= 11 is 0. The largest absolute Gasteiger partial charge is 0.467 e. The van der Waals surface area contributed by atoms with E-state index < -0.39 is 12.0 Å². The highest BCUT2D eigenvalue weighted by molar-refractivity contribution is 5.97. The Morgan fingerprint density at radius 1 is 1.28 bits per heavy atom. The van der Waals surface area contributed by atoms with Crippen molar-refractivity contribution in [2.24, 2.45) is 5.92 Å². The number of hydrogen-bond donors (Lipinski definition) is 1. The minimum Gasteiger partial charge on any atom is -0.467 e. The molecule has 0 saturated heterocycles. The normalized spacial score (nSPS) is 12.0. The number of nitrogens with zero attached hydrogens (tertiary/aromatic N) is 3. The number of carbonyl (C=O) groups excluding carboxylic acids is 2. The Hall–Kier alpha value is -2.70. The molecule has 2 aromatic rings. The number of nitrogens with one attached hydrogen (secondary N) is 1. The van der Waals surface area contributed by atoms with Crippen LogP contribution in [0.15, 0.2) is 30.7 Å². The van der Waals surface area contributed by atoms with Crippen molar-refractivity contribution in [3.63, 3.8) is 0 Å².